The number of likely N-dealkylation sites (tertiary alicyclic amines) is 1. The first-order valence-electron chi connectivity index (χ1n) is 7.18. The molecular formula is C14H30N2O. The average Bonchev–Trinajstić information content (AvgIpc) is 2.30. The first-order chi connectivity index (χ1) is 8.08. The van der Waals surface area contributed by atoms with Gasteiger partial charge in [-0.15, -0.1) is 0 Å². The maximum Gasteiger partial charge on any atom is 0.0601 e. The number of piperidine rings is 1. The van der Waals surface area contributed by atoms with Crippen LogP contribution in [0.3, 0.4) is 0 Å². The second kappa shape index (κ2) is 7.34. The van der Waals surface area contributed by atoms with E-state index >= 15 is 0 Å². The van der Waals surface area contributed by atoms with Crippen LogP contribution in [0.15, 0.2) is 0 Å². The number of aliphatic hydroxyl groups excluding tert-OH is 1. The van der Waals surface area contributed by atoms with Gasteiger partial charge in [0.15, 0.2) is 0 Å². The van der Waals surface area contributed by atoms with Gasteiger partial charge in [-0.3, -0.25) is 4.90 Å². The van der Waals surface area contributed by atoms with Gasteiger partial charge in [-0.2, -0.15) is 0 Å². The quantitative estimate of drug-likeness (QED) is 0.747. The van der Waals surface area contributed by atoms with Gasteiger partial charge in [0.2, 0.25) is 0 Å². The minimum Gasteiger partial charge on any atom is -0.395 e. The Labute approximate surface area is 106 Å². The number of aliphatic hydroxyl groups is 1. The van der Waals surface area contributed by atoms with Crippen molar-refractivity contribution in [2.45, 2.75) is 58.5 Å². The van der Waals surface area contributed by atoms with Crippen molar-refractivity contribution in [3.05, 3.63) is 0 Å². The minimum atomic E-state index is 0.109. The maximum absolute atomic E-state index is 9.56. The van der Waals surface area contributed by atoms with Gasteiger partial charge in [0.25, 0.3) is 0 Å². The number of hydrogen-bond acceptors (Lipinski definition) is 3. The first kappa shape index (κ1) is 14.9. The van der Waals surface area contributed by atoms with E-state index < -0.39 is 0 Å². The molecule has 2 unspecified atom stereocenters. The van der Waals surface area contributed by atoms with Gasteiger partial charge in [0.1, 0.15) is 0 Å². The molecule has 0 spiro atoms. The number of rotatable bonds is 6. The van der Waals surface area contributed by atoms with Crippen molar-refractivity contribution >= 4 is 0 Å². The van der Waals surface area contributed by atoms with Gasteiger partial charge in [-0.1, -0.05) is 27.2 Å². The van der Waals surface area contributed by atoms with E-state index in [0.29, 0.717) is 5.92 Å². The van der Waals surface area contributed by atoms with Crippen molar-refractivity contribution in [2.24, 2.45) is 17.6 Å². The zero-order valence-electron chi connectivity index (χ0n) is 11.7. The van der Waals surface area contributed by atoms with Crippen molar-refractivity contribution in [3.8, 4) is 0 Å². The molecule has 0 radical (unpaired) electrons. The molecule has 1 fully saturated rings. The van der Waals surface area contributed by atoms with E-state index in [1.807, 2.05) is 0 Å². The van der Waals surface area contributed by atoms with Gasteiger partial charge >= 0.3 is 0 Å². The molecule has 1 aliphatic rings. The summed E-state index contributed by atoms with van der Waals surface area (Å²) in [5.41, 5.74) is 6.23. The van der Waals surface area contributed by atoms with E-state index in [1.165, 1.54) is 19.3 Å². The number of nitrogens with two attached hydrogens (primary N) is 1. The predicted octanol–water partition coefficient (Wildman–Crippen LogP) is 1.84. The zero-order chi connectivity index (χ0) is 12.8. The molecule has 0 aromatic rings. The van der Waals surface area contributed by atoms with Crippen LogP contribution in [0.4, 0.5) is 0 Å². The summed E-state index contributed by atoms with van der Waals surface area (Å²) < 4.78 is 0. The molecule has 1 rings (SSSR count). The van der Waals surface area contributed by atoms with Gasteiger partial charge in [-0.25, -0.2) is 0 Å². The zero-order valence-corrected chi connectivity index (χ0v) is 11.7. The second-order valence-electron chi connectivity index (χ2n) is 5.93. The summed E-state index contributed by atoms with van der Waals surface area (Å²) >= 11 is 0. The second-order valence-corrected chi connectivity index (χ2v) is 5.93. The lowest BCUT2D eigenvalue weighted by Gasteiger charge is -2.39. The maximum atomic E-state index is 9.56. The molecule has 0 aliphatic carbocycles. The van der Waals surface area contributed by atoms with Crippen molar-refractivity contribution in [3.63, 3.8) is 0 Å². The van der Waals surface area contributed by atoms with Gasteiger partial charge in [-0.05, 0) is 44.2 Å². The number of hydrogen-bond donors (Lipinski definition) is 2. The molecular weight excluding hydrogens is 212 g/mol. The molecule has 102 valence electrons. The van der Waals surface area contributed by atoms with Crippen LogP contribution in [0, 0.1) is 11.8 Å². The smallest absolute Gasteiger partial charge is 0.0601 e. The highest BCUT2D eigenvalue weighted by Crippen LogP contribution is 2.23. The monoisotopic (exact) mass is 242 g/mol. The molecule has 0 bridgehead atoms. The average molecular weight is 242 g/mol. The Balaban J connectivity index is 2.45. The fraction of sp³-hybridized carbons (Fsp3) is 1.00. The summed E-state index contributed by atoms with van der Waals surface area (Å²) in [5, 5.41) is 9.56. The molecule has 0 aromatic carbocycles. The summed E-state index contributed by atoms with van der Waals surface area (Å²) in [7, 11) is 0. The van der Waals surface area contributed by atoms with Crippen LogP contribution in [-0.4, -0.2) is 41.8 Å². The molecule has 3 heteroatoms. The van der Waals surface area contributed by atoms with Crippen LogP contribution in [0.2, 0.25) is 0 Å². The third-order valence-corrected chi connectivity index (χ3v) is 4.12. The molecule has 0 aromatic heterocycles. The Morgan fingerprint density at radius 2 is 1.88 bits per heavy atom. The Hall–Kier alpha value is -0.120. The van der Waals surface area contributed by atoms with E-state index in [-0.39, 0.29) is 18.7 Å². The van der Waals surface area contributed by atoms with Crippen molar-refractivity contribution in [1.82, 2.24) is 4.90 Å². The molecule has 2 atom stereocenters. The fourth-order valence-electron chi connectivity index (χ4n) is 2.92. The van der Waals surface area contributed by atoms with E-state index in [4.69, 9.17) is 5.73 Å². The lowest BCUT2D eigenvalue weighted by molar-refractivity contribution is 0.0666. The third-order valence-electron chi connectivity index (χ3n) is 4.12. The molecule has 1 saturated heterocycles. The Bertz CT molecular complexity index is 200. The Morgan fingerprint density at radius 1 is 1.29 bits per heavy atom. The summed E-state index contributed by atoms with van der Waals surface area (Å²) in [5.74, 6) is 1.49. The van der Waals surface area contributed by atoms with Gasteiger partial charge in [0.05, 0.1) is 6.61 Å². The Morgan fingerprint density at radius 3 is 2.29 bits per heavy atom. The van der Waals surface area contributed by atoms with Crippen molar-refractivity contribution in [1.29, 1.82) is 0 Å². The highest BCUT2D eigenvalue weighted by molar-refractivity contribution is 4.85. The van der Waals surface area contributed by atoms with E-state index in [9.17, 15) is 5.11 Å². The van der Waals surface area contributed by atoms with Crippen LogP contribution in [0.5, 0.6) is 0 Å². The van der Waals surface area contributed by atoms with Crippen LogP contribution >= 0.6 is 0 Å². The van der Waals surface area contributed by atoms with Crippen molar-refractivity contribution < 1.29 is 5.11 Å². The normalized spacial score (nSPS) is 22.9. The van der Waals surface area contributed by atoms with Gasteiger partial charge in [0, 0.05) is 12.1 Å². The standard InChI is InChI=1S/C14H30N2O/c1-4-12-5-7-16(8-6-12)14(10-17)13(15)9-11(2)3/h11-14,17H,4-10,15H2,1-3H3. The minimum absolute atomic E-state index is 0.109. The summed E-state index contributed by atoms with van der Waals surface area (Å²) in [6, 6.07) is 0.272. The van der Waals surface area contributed by atoms with Crippen LogP contribution in [0.1, 0.15) is 46.5 Å². The van der Waals surface area contributed by atoms with Gasteiger partial charge < -0.3 is 10.8 Å². The van der Waals surface area contributed by atoms with Crippen LogP contribution < -0.4 is 5.73 Å². The SMILES string of the molecule is CCC1CCN(C(CO)C(N)CC(C)C)CC1. The highest BCUT2D eigenvalue weighted by Gasteiger charge is 2.28. The van der Waals surface area contributed by atoms with E-state index in [1.54, 1.807) is 0 Å². The summed E-state index contributed by atoms with van der Waals surface area (Å²) in [4.78, 5) is 2.40. The van der Waals surface area contributed by atoms with E-state index in [0.717, 1.165) is 25.4 Å². The Kier molecular flexibility index (Phi) is 6.45. The molecule has 3 N–H and O–H groups in total. The summed E-state index contributed by atoms with van der Waals surface area (Å²) in [6.45, 7) is 9.07. The molecule has 3 nitrogen and oxygen atoms in total. The van der Waals surface area contributed by atoms with Crippen molar-refractivity contribution in [2.75, 3.05) is 19.7 Å². The molecule has 0 saturated carbocycles. The molecule has 17 heavy (non-hydrogen) atoms. The van der Waals surface area contributed by atoms with E-state index in [2.05, 4.69) is 25.7 Å². The van der Waals surface area contributed by atoms with Crippen LogP contribution in [-0.2, 0) is 0 Å². The first-order valence-corrected chi connectivity index (χ1v) is 7.18. The topological polar surface area (TPSA) is 49.5 Å². The summed E-state index contributed by atoms with van der Waals surface area (Å²) in [6.07, 6.45) is 4.82. The third kappa shape index (κ3) is 4.57. The number of nitrogens with zero attached hydrogens (tertiary/aromatic N) is 1. The molecule has 0 amide bonds. The van der Waals surface area contributed by atoms with Crippen LogP contribution in [0.25, 0.3) is 0 Å². The lowest BCUT2D eigenvalue weighted by atomic mass is 9.91. The largest absolute Gasteiger partial charge is 0.395 e. The lowest BCUT2D eigenvalue weighted by Crippen LogP contribution is -2.53. The molecule has 1 heterocycles. The molecule has 1 aliphatic heterocycles. The highest BCUT2D eigenvalue weighted by atomic mass is 16.3. The fourth-order valence-corrected chi connectivity index (χ4v) is 2.92. The predicted molar refractivity (Wildman–Crippen MR) is 72.9 cm³/mol.